The molecule has 1 aliphatic rings. The van der Waals surface area contributed by atoms with E-state index in [0.717, 1.165) is 48.5 Å². The summed E-state index contributed by atoms with van der Waals surface area (Å²) in [5.74, 6) is 1.03. The van der Waals surface area contributed by atoms with E-state index in [2.05, 4.69) is 58.7 Å². The first-order chi connectivity index (χ1) is 11.8. The predicted octanol–water partition coefficient (Wildman–Crippen LogP) is 3.17. The van der Waals surface area contributed by atoms with Gasteiger partial charge in [-0.25, -0.2) is 4.98 Å². The van der Waals surface area contributed by atoms with Crippen molar-refractivity contribution in [3.8, 4) is 0 Å². The summed E-state index contributed by atoms with van der Waals surface area (Å²) in [7, 11) is 0. The SMILES string of the molecule is NCCNc1cc(N2CCc3ccccc3C2)nc2ccccc12. The van der Waals surface area contributed by atoms with Gasteiger partial charge in [-0.2, -0.15) is 0 Å². The number of nitrogens with one attached hydrogen (secondary N) is 1. The lowest BCUT2D eigenvalue weighted by molar-refractivity contribution is 0.722. The maximum atomic E-state index is 5.67. The molecule has 122 valence electrons. The highest BCUT2D eigenvalue weighted by molar-refractivity contribution is 5.93. The zero-order chi connectivity index (χ0) is 16.4. The second-order valence-electron chi connectivity index (χ2n) is 6.20. The summed E-state index contributed by atoms with van der Waals surface area (Å²) in [5, 5.41) is 4.59. The highest BCUT2D eigenvalue weighted by atomic mass is 15.2. The standard InChI is InChI=1S/C20H22N4/c21-10-11-22-19-13-20(23-18-8-4-3-7-17(18)19)24-12-9-15-5-1-2-6-16(15)14-24/h1-8,13H,9-12,14,21H2,(H,22,23). The number of para-hydroxylation sites is 1. The van der Waals surface area contributed by atoms with Crippen molar-refractivity contribution in [1.29, 1.82) is 0 Å². The summed E-state index contributed by atoms with van der Waals surface area (Å²) in [6.07, 6.45) is 1.07. The number of hydrogen-bond acceptors (Lipinski definition) is 4. The van der Waals surface area contributed by atoms with Gasteiger partial charge in [-0.15, -0.1) is 0 Å². The third kappa shape index (κ3) is 2.81. The van der Waals surface area contributed by atoms with Gasteiger partial charge in [0.05, 0.1) is 5.52 Å². The molecular formula is C20H22N4. The normalized spacial score (nSPS) is 13.8. The lowest BCUT2D eigenvalue weighted by Gasteiger charge is -2.30. The molecule has 0 fully saturated rings. The minimum atomic E-state index is 0.614. The highest BCUT2D eigenvalue weighted by Gasteiger charge is 2.18. The van der Waals surface area contributed by atoms with Crippen LogP contribution in [0.15, 0.2) is 54.6 Å². The molecule has 0 atom stereocenters. The summed E-state index contributed by atoms with van der Waals surface area (Å²) >= 11 is 0. The van der Waals surface area contributed by atoms with Gasteiger partial charge < -0.3 is 16.0 Å². The van der Waals surface area contributed by atoms with E-state index in [-0.39, 0.29) is 0 Å². The molecule has 0 bridgehead atoms. The molecule has 1 aromatic heterocycles. The van der Waals surface area contributed by atoms with E-state index in [0.29, 0.717) is 6.54 Å². The van der Waals surface area contributed by atoms with Crippen LogP contribution in [0, 0.1) is 0 Å². The van der Waals surface area contributed by atoms with E-state index >= 15 is 0 Å². The third-order valence-electron chi connectivity index (χ3n) is 4.62. The van der Waals surface area contributed by atoms with Gasteiger partial charge >= 0.3 is 0 Å². The molecule has 2 aromatic carbocycles. The van der Waals surface area contributed by atoms with Gasteiger partial charge in [0.2, 0.25) is 0 Å². The fourth-order valence-corrected chi connectivity index (χ4v) is 3.37. The molecule has 0 radical (unpaired) electrons. The Kier molecular flexibility index (Phi) is 4.05. The van der Waals surface area contributed by atoms with Crippen LogP contribution >= 0.6 is 0 Å². The molecule has 4 rings (SSSR count). The van der Waals surface area contributed by atoms with Crippen LogP contribution in [-0.4, -0.2) is 24.6 Å². The monoisotopic (exact) mass is 318 g/mol. The van der Waals surface area contributed by atoms with Gasteiger partial charge in [-0.05, 0) is 23.6 Å². The molecule has 0 aliphatic carbocycles. The van der Waals surface area contributed by atoms with E-state index in [1.54, 1.807) is 0 Å². The molecule has 0 unspecified atom stereocenters. The number of nitrogens with zero attached hydrogens (tertiary/aromatic N) is 2. The van der Waals surface area contributed by atoms with Crippen molar-refractivity contribution in [2.24, 2.45) is 5.73 Å². The Morgan fingerprint density at radius 3 is 2.71 bits per heavy atom. The molecule has 3 aromatic rings. The topological polar surface area (TPSA) is 54.2 Å². The highest BCUT2D eigenvalue weighted by Crippen LogP contribution is 2.29. The van der Waals surface area contributed by atoms with Crippen molar-refractivity contribution in [3.05, 3.63) is 65.7 Å². The minimum absolute atomic E-state index is 0.614. The molecule has 0 saturated heterocycles. The second-order valence-corrected chi connectivity index (χ2v) is 6.20. The Labute approximate surface area is 142 Å². The van der Waals surface area contributed by atoms with E-state index < -0.39 is 0 Å². The number of aromatic nitrogens is 1. The quantitative estimate of drug-likeness (QED) is 0.776. The number of benzene rings is 2. The number of fused-ring (bicyclic) bond motifs is 2. The van der Waals surface area contributed by atoms with Crippen LogP contribution < -0.4 is 16.0 Å². The summed E-state index contributed by atoms with van der Waals surface area (Å²) in [4.78, 5) is 7.26. The van der Waals surface area contributed by atoms with E-state index in [4.69, 9.17) is 10.7 Å². The van der Waals surface area contributed by atoms with Crippen LogP contribution in [0.25, 0.3) is 10.9 Å². The van der Waals surface area contributed by atoms with Crippen molar-refractivity contribution in [3.63, 3.8) is 0 Å². The van der Waals surface area contributed by atoms with Gasteiger partial charge in [0.25, 0.3) is 0 Å². The zero-order valence-corrected chi connectivity index (χ0v) is 13.7. The molecule has 4 nitrogen and oxygen atoms in total. The van der Waals surface area contributed by atoms with Gasteiger partial charge in [0, 0.05) is 43.3 Å². The first-order valence-corrected chi connectivity index (χ1v) is 8.50. The molecule has 0 amide bonds. The number of pyridine rings is 1. The van der Waals surface area contributed by atoms with Crippen LogP contribution in [0.5, 0.6) is 0 Å². The molecule has 24 heavy (non-hydrogen) atoms. The molecular weight excluding hydrogens is 296 g/mol. The van der Waals surface area contributed by atoms with Crippen molar-refractivity contribution < 1.29 is 0 Å². The summed E-state index contributed by atoms with van der Waals surface area (Å²) in [6.45, 7) is 3.29. The Hall–Kier alpha value is -2.59. The first kappa shape index (κ1) is 15.0. The molecule has 4 heteroatoms. The van der Waals surface area contributed by atoms with Crippen LogP contribution in [-0.2, 0) is 13.0 Å². The number of rotatable bonds is 4. The average Bonchev–Trinajstić information content (AvgIpc) is 2.65. The summed E-state index contributed by atoms with van der Waals surface area (Å²) in [6, 6.07) is 19.1. The average molecular weight is 318 g/mol. The van der Waals surface area contributed by atoms with Crippen molar-refractivity contribution >= 4 is 22.4 Å². The van der Waals surface area contributed by atoms with Gasteiger partial charge in [-0.1, -0.05) is 42.5 Å². The maximum Gasteiger partial charge on any atom is 0.131 e. The minimum Gasteiger partial charge on any atom is -0.383 e. The van der Waals surface area contributed by atoms with Crippen LogP contribution in [0.4, 0.5) is 11.5 Å². The Morgan fingerprint density at radius 2 is 1.83 bits per heavy atom. The lowest BCUT2D eigenvalue weighted by atomic mass is 10.00. The smallest absolute Gasteiger partial charge is 0.131 e. The Bertz CT molecular complexity index is 859. The lowest BCUT2D eigenvalue weighted by Crippen LogP contribution is -2.31. The summed E-state index contributed by atoms with van der Waals surface area (Å²) < 4.78 is 0. The third-order valence-corrected chi connectivity index (χ3v) is 4.62. The summed E-state index contributed by atoms with van der Waals surface area (Å²) in [5.41, 5.74) is 10.7. The zero-order valence-electron chi connectivity index (χ0n) is 13.7. The van der Waals surface area contributed by atoms with Crippen LogP contribution in [0.3, 0.4) is 0 Å². The number of hydrogen-bond donors (Lipinski definition) is 2. The molecule has 1 aliphatic heterocycles. The van der Waals surface area contributed by atoms with E-state index in [1.165, 1.54) is 11.1 Å². The fourth-order valence-electron chi connectivity index (χ4n) is 3.37. The van der Waals surface area contributed by atoms with Gasteiger partial charge in [0.1, 0.15) is 5.82 Å². The van der Waals surface area contributed by atoms with Gasteiger partial charge in [0.15, 0.2) is 0 Å². The Morgan fingerprint density at radius 1 is 1.04 bits per heavy atom. The van der Waals surface area contributed by atoms with E-state index in [9.17, 15) is 0 Å². The molecule has 0 saturated carbocycles. The van der Waals surface area contributed by atoms with Crippen molar-refractivity contribution in [2.75, 3.05) is 29.9 Å². The van der Waals surface area contributed by atoms with Crippen LogP contribution in [0.2, 0.25) is 0 Å². The predicted molar refractivity (Wildman–Crippen MR) is 100 cm³/mol. The molecule has 3 N–H and O–H groups in total. The van der Waals surface area contributed by atoms with Crippen molar-refractivity contribution in [1.82, 2.24) is 4.98 Å². The fraction of sp³-hybridized carbons (Fsp3) is 0.250. The maximum absolute atomic E-state index is 5.67. The van der Waals surface area contributed by atoms with Crippen LogP contribution in [0.1, 0.15) is 11.1 Å². The number of nitrogens with two attached hydrogens (primary N) is 1. The Balaban J connectivity index is 1.72. The van der Waals surface area contributed by atoms with Gasteiger partial charge in [-0.3, -0.25) is 0 Å². The largest absolute Gasteiger partial charge is 0.383 e. The van der Waals surface area contributed by atoms with E-state index in [1.807, 2.05) is 6.07 Å². The molecule has 0 spiro atoms. The second kappa shape index (κ2) is 6.49. The first-order valence-electron chi connectivity index (χ1n) is 8.50. The number of anilines is 2. The van der Waals surface area contributed by atoms with Crippen molar-refractivity contribution in [2.45, 2.75) is 13.0 Å². The molecule has 2 heterocycles.